The Kier molecular flexibility index (Phi) is 3.34. The second kappa shape index (κ2) is 5.11. The topological polar surface area (TPSA) is 88.0 Å². The van der Waals surface area contributed by atoms with Crippen LogP contribution in [0.4, 0.5) is 0 Å². The molecule has 0 saturated heterocycles. The van der Waals surface area contributed by atoms with Gasteiger partial charge < -0.3 is 14.7 Å². The van der Waals surface area contributed by atoms with E-state index in [2.05, 4.69) is 19.7 Å². The summed E-state index contributed by atoms with van der Waals surface area (Å²) >= 11 is 0. The summed E-state index contributed by atoms with van der Waals surface area (Å²) in [5, 5.41) is 2.71. The maximum absolute atomic E-state index is 11.6. The summed E-state index contributed by atoms with van der Waals surface area (Å²) < 4.78 is 4.60. The molecule has 2 rings (SSSR count). The standard InChI is InChI=1S/C11H11N3O3/c15-10-2-1-8(6-17-10)11(16)13-4-3-9-5-12-7-14-9/h1-2,5-7H,3-4H2,(H,12,14)(H,13,16). The van der Waals surface area contributed by atoms with Gasteiger partial charge in [-0.05, 0) is 6.07 Å². The molecule has 0 aliphatic heterocycles. The summed E-state index contributed by atoms with van der Waals surface area (Å²) in [5.74, 6) is -0.270. The van der Waals surface area contributed by atoms with Crippen molar-refractivity contribution in [3.8, 4) is 0 Å². The maximum Gasteiger partial charge on any atom is 0.335 e. The summed E-state index contributed by atoms with van der Waals surface area (Å²) in [7, 11) is 0. The highest BCUT2D eigenvalue weighted by atomic mass is 16.4. The summed E-state index contributed by atoms with van der Waals surface area (Å²) in [5.41, 5.74) is 0.804. The minimum Gasteiger partial charge on any atom is -0.430 e. The average molecular weight is 233 g/mol. The van der Waals surface area contributed by atoms with Gasteiger partial charge in [0.05, 0.1) is 11.9 Å². The normalized spacial score (nSPS) is 10.1. The van der Waals surface area contributed by atoms with Crippen molar-refractivity contribution in [3.63, 3.8) is 0 Å². The molecule has 2 N–H and O–H groups in total. The van der Waals surface area contributed by atoms with E-state index >= 15 is 0 Å². The summed E-state index contributed by atoms with van der Waals surface area (Å²) in [6.45, 7) is 0.486. The lowest BCUT2D eigenvalue weighted by atomic mass is 10.2. The van der Waals surface area contributed by atoms with Crippen LogP contribution in [-0.2, 0) is 6.42 Å². The minimum atomic E-state index is -0.473. The fraction of sp³-hybridized carbons (Fsp3) is 0.182. The van der Waals surface area contributed by atoms with Crippen LogP contribution in [0.3, 0.4) is 0 Å². The fourth-order valence-corrected chi connectivity index (χ4v) is 1.32. The van der Waals surface area contributed by atoms with Crippen molar-refractivity contribution in [2.45, 2.75) is 6.42 Å². The van der Waals surface area contributed by atoms with Crippen LogP contribution in [0.1, 0.15) is 16.1 Å². The molecule has 0 aliphatic rings. The molecule has 2 heterocycles. The first-order valence-corrected chi connectivity index (χ1v) is 5.10. The Hall–Kier alpha value is -2.37. The van der Waals surface area contributed by atoms with E-state index in [1.165, 1.54) is 12.1 Å². The van der Waals surface area contributed by atoms with Crippen molar-refractivity contribution in [1.82, 2.24) is 15.3 Å². The van der Waals surface area contributed by atoms with Gasteiger partial charge in [0.15, 0.2) is 0 Å². The van der Waals surface area contributed by atoms with E-state index in [0.717, 1.165) is 12.0 Å². The molecule has 0 unspecified atom stereocenters. The van der Waals surface area contributed by atoms with Crippen LogP contribution in [0.15, 0.2) is 40.1 Å². The third-order valence-corrected chi connectivity index (χ3v) is 2.20. The number of imidazole rings is 1. The van der Waals surface area contributed by atoms with E-state index in [1.807, 2.05) is 0 Å². The lowest BCUT2D eigenvalue weighted by molar-refractivity contribution is 0.0951. The summed E-state index contributed by atoms with van der Waals surface area (Å²) in [6.07, 6.45) is 5.10. The monoisotopic (exact) mass is 233 g/mol. The van der Waals surface area contributed by atoms with Crippen LogP contribution in [-0.4, -0.2) is 22.4 Å². The average Bonchev–Trinajstić information content (AvgIpc) is 2.83. The number of nitrogens with zero attached hydrogens (tertiary/aromatic N) is 1. The molecule has 1 amide bonds. The summed E-state index contributed by atoms with van der Waals surface area (Å²) in [6, 6.07) is 2.64. The quantitative estimate of drug-likeness (QED) is 0.796. The molecule has 88 valence electrons. The largest absolute Gasteiger partial charge is 0.430 e. The Labute approximate surface area is 96.7 Å². The zero-order chi connectivity index (χ0) is 12.1. The SMILES string of the molecule is O=C(NCCc1cnc[nH]1)c1ccc(=O)oc1. The van der Waals surface area contributed by atoms with Gasteiger partial charge in [-0.25, -0.2) is 9.78 Å². The highest BCUT2D eigenvalue weighted by molar-refractivity contribution is 5.93. The van der Waals surface area contributed by atoms with Crippen LogP contribution in [0, 0.1) is 0 Å². The van der Waals surface area contributed by atoms with E-state index < -0.39 is 5.63 Å². The first kappa shape index (κ1) is 11.1. The van der Waals surface area contributed by atoms with Crippen molar-refractivity contribution in [3.05, 3.63) is 52.6 Å². The van der Waals surface area contributed by atoms with Crippen molar-refractivity contribution >= 4 is 5.91 Å². The molecule has 0 radical (unpaired) electrons. The van der Waals surface area contributed by atoms with E-state index in [9.17, 15) is 9.59 Å². The number of hydrogen-bond donors (Lipinski definition) is 2. The van der Waals surface area contributed by atoms with Crippen LogP contribution in [0.25, 0.3) is 0 Å². The van der Waals surface area contributed by atoms with Crippen LogP contribution < -0.4 is 10.9 Å². The second-order valence-corrected chi connectivity index (χ2v) is 3.43. The molecule has 0 spiro atoms. The highest BCUT2D eigenvalue weighted by Crippen LogP contribution is 1.96. The number of amides is 1. The van der Waals surface area contributed by atoms with Crippen molar-refractivity contribution < 1.29 is 9.21 Å². The third-order valence-electron chi connectivity index (χ3n) is 2.20. The molecule has 17 heavy (non-hydrogen) atoms. The number of rotatable bonds is 4. The summed E-state index contributed by atoms with van der Waals surface area (Å²) in [4.78, 5) is 29.1. The number of aromatic nitrogens is 2. The number of aromatic amines is 1. The molecule has 0 aliphatic carbocycles. The molecular weight excluding hydrogens is 222 g/mol. The van der Waals surface area contributed by atoms with E-state index in [0.29, 0.717) is 18.5 Å². The van der Waals surface area contributed by atoms with E-state index in [-0.39, 0.29) is 5.91 Å². The van der Waals surface area contributed by atoms with Gasteiger partial charge in [0.2, 0.25) is 0 Å². The van der Waals surface area contributed by atoms with Gasteiger partial charge >= 0.3 is 5.63 Å². The zero-order valence-corrected chi connectivity index (χ0v) is 8.97. The van der Waals surface area contributed by atoms with Crippen LogP contribution in [0.2, 0.25) is 0 Å². The Morgan fingerprint density at radius 1 is 1.47 bits per heavy atom. The predicted molar refractivity (Wildman–Crippen MR) is 59.6 cm³/mol. The Morgan fingerprint density at radius 2 is 2.35 bits per heavy atom. The van der Waals surface area contributed by atoms with Gasteiger partial charge in [0, 0.05) is 30.9 Å². The highest BCUT2D eigenvalue weighted by Gasteiger charge is 2.05. The number of H-pyrrole nitrogens is 1. The maximum atomic E-state index is 11.6. The van der Waals surface area contributed by atoms with Gasteiger partial charge in [-0.3, -0.25) is 4.79 Å². The molecule has 6 heteroatoms. The first-order chi connectivity index (χ1) is 8.25. The molecule has 0 aromatic carbocycles. The lowest BCUT2D eigenvalue weighted by Crippen LogP contribution is -2.26. The van der Waals surface area contributed by atoms with Crippen LogP contribution in [0.5, 0.6) is 0 Å². The zero-order valence-electron chi connectivity index (χ0n) is 8.97. The predicted octanol–water partition coefficient (Wildman–Crippen LogP) is 0.335. The smallest absolute Gasteiger partial charge is 0.335 e. The first-order valence-electron chi connectivity index (χ1n) is 5.10. The number of nitrogens with one attached hydrogen (secondary N) is 2. The molecule has 6 nitrogen and oxygen atoms in total. The molecule has 0 atom stereocenters. The van der Waals surface area contributed by atoms with Crippen molar-refractivity contribution in [2.24, 2.45) is 0 Å². The molecule has 0 bridgehead atoms. The van der Waals surface area contributed by atoms with Crippen LogP contribution >= 0.6 is 0 Å². The van der Waals surface area contributed by atoms with Gasteiger partial charge in [-0.1, -0.05) is 0 Å². The van der Waals surface area contributed by atoms with Gasteiger partial charge in [0.1, 0.15) is 6.26 Å². The van der Waals surface area contributed by atoms with Crippen molar-refractivity contribution in [2.75, 3.05) is 6.54 Å². The molecule has 0 fully saturated rings. The second-order valence-electron chi connectivity index (χ2n) is 3.43. The number of hydrogen-bond acceptors (Lipinski definition) is 4. The Balaban J connectivity index is 1.85. The molecule has 2 aromatic rings. The van der Waals surface area contributed by atoms with E-state index in [4.69, 9.17) is 0 Å². The number of carbonyl (C=O) groups excluding carboxylic acids is 1. The molecule has 2 aromatic heterocycles. The fourth-order valence-electron chi connectivity index (χ4n) is 1.32. The van der Waals surface area contributed by atoms with E-state index in [1.54, 1.807) is 12.5 Å². The third kappa shape index (κ3) is 3.04. The number of carbonyl (C=O) groups is 1. The Bertz CT molecular complexity index is 525. The molecular formula is C11H11N3O3. The minimum absolute atomic E-state index is 0.270. The van der Waals surface area contributed by atoms with Gasteiger partial charge in [0.25, 0.3) is 5.91 Å². The van der Waals surface area contributed by atoms with Gasteiger partial charge in [-0.2, -0.15) is 0 Å². The van der Waals surface area contributed by atoms with Gasteiger partial charge in [-0.15, -0.1) is 0 Å². The Morgan fingerprint density at radius 3 is 3.00 bits per heavy atom. The lowest BCUT2D eigenvalue weighted by Gasteiger charge is -2.02. The molecule has 0 saturated carbocycles. The van der Waals surface area contributed by atoms with Crippen molar-refractivity contribution in [1.29, 1.82) is 0 Å².